The standard InChI is InChI=1S/C26H26FNO/c27-25-12-8-21(9-13-25)19-26(29)28-16-14-22(15-17-28)18-20-6-10-24(11-7-20)23-4-2-1-3-5-23/h1-13,22H,14-19H2. The summed E-state index contributed by atoms with van der Waals surface area (Å²) in [7, 11) is 0. The fourth-order valence-electron chi connectivity index (χ4n) is 4.07. The van der Waals surface area contributed by atoms with Gasteiger partial charge in [-0.15, -0.1) is 0 Å². The fraction of sp³-hybridized carbons (Fsp3) is 0.269. The van der Waals surface area contributed by atoms with Gasteiger partial charge in [-0.2, -0.15) is 0 Å². The minimum absolute atomic E-state index is 0.141. The van der Waals surface area contributed by atoms with Gasteiger partial charge in [-0.05, 0) is 59.6 Å². The predicted octanol–water partition coefficient (Wildman–Crippen LogP) is 5.52. The van der Waals surface area contributed by atoms with Crippen molar-refractivity contribution in [2.24, 2.45) is 5.92 Å². The Kier molecular flexibility index (Phi) is 6.04. The van der Waals surface area contributed by atoms with E-state index in [0.717, 1.165) is 37.9 Å². The summed E-state index contributed by atoms with van der Waals surface area (Å²) in [6.45, 7) is 1.62. The van der Waals surface area contributed by atoms with Gasteiger partial charge in [0.15, 0.2) is 0 Å². The first-order valence-electron chi connectivity index (χ1n) is 10.3. The Hall–Kier alpha value is -2.94. The quantitative estimate of drug-likeness (QED) is 0.565. The molecule has 0 aliphatic carbocycles. The van der Waals surface area contributed by atoms with E-state index in [1.165, 1.54) is 28.8 Å². The molecule has 1 aliphatic rings. The number of amides is 1. The van der Waals surface area contributed by atoms with E-state index in [1.54, 1.807) is 12.1 Å². The van der Waals surface area contributed by atoms with Gasteiger partial charge in [0.2, 0.25) is 5.91 Å². The van der Waals surface area contributed by atoms with Crippen molar-refractivity contribution in [1.82, 2.24) is 4.90 Å². The Bertz CT molecular complexity index is 927. The number of carbonyl (C=O) groups is 1. The first-order valence-corrected chi connectivity index (χ1v) is 10.3. The molecule has 1 fully saturated rings. The highest BCUT2D eigenvalue weighted by Gasteiger charge is 2.23. The molecule has 0 atom stereocenters. The van der Waals surface area contributed by atoms with Gasteiger partial charge in [0, 0.05) is 13.1 Å². The van der Waals surface area contributed by atoms with Crippen LogP contribution in [0.3, 0.4) is 0 Å². The van der Waals surface area contributed by atoms with Crippen LogP contribution in [0.4, 0.5) is 4.39 Å². The summed E-state index contributed by atoms with van der Waals surface area (Å²) in [5.41, 5.74) is 4.72. The molecule has 0 radical (unpaired) electrons. The minimum Gasteiger partial charge on any atom is -0.342 e. The first kappa shape index (κ1) is 19.4. The van der Waals surface area contributed by atoms with Crippen LogP contribution in [0, 0.1) is 11.7 Å². The van der Waals surface area contributed by atoms with Crippen molar-refractivity contribution < 1.29 is 9.18 Å². The van der Waals surface area contributed by atoms with Crippen LogP contribution in [0.15, 0.2) is 78.9 Å². The van der Waals surface area contributed by atoms with E-state index in [2.05, 4.69) is 48.5 Å². The minimum atomic E-state index is -0.265. The van der Waals surface area contributed by atoms with Crippen LogP contribution in [0.5, 0.6) is 0 Å². The lowest BCUT2D eigenvalue weighted by Gasteiger charge is -2.32. The van der Waals surface area contributed by atoms with Gasteiger partial charge in [-0.25, -0.2) is 4.39 Å². The topological polar surface area (TPSA) is 20.3 Å². The van der Waals surface area contributed by atoms with Crippen LogP contribution in [0.25, 0.3) is 11.1 Å². The Morgan fingerprint density at radius 2 is 1.38 bits per heavy atom. The summed E-state index contributed by atoms with van der Waals surface area (Å²) in [6, 6.07) is 25.5. The molecule has 2 nitrogen and oxygen atoms in total. The van der Waals surface area contributed by atoms with Gasteiger partial charge < -0.3 is 4.90 Å². The fourth-order valence-corrected chi connectivity index (χ4v) is 4.07. The number of piperidine rings is 1. The molecule has 0 saturated carbocycles. The third-order valence-electron chi connectivity index (χ3n) is 5.82. The highest BCUT2D eigenvalue weighted by Crippen LogP contribution is 2.24. The molecule has 0 unspecified atom stereocenters. The van der Waals surface area contributed by atoms with Crippen molar-refractivity contribution in [2.75, 3.05) is 13.1 Å². The van der Waals surface area contributed by atoms with Gasteiger partial charge in [0.1, 0.15) is 5.82 Å². The summed E-state index contributed by atoms with van der Waals surface area (Å²) < 4.78 is 13.0. The molecule has 4 rings (SSSR count). The second-order valence-electron chi connectivity index (χ2n) is 7.89. The summed E-state index contributed by atoms with van der Waals surface area (Å²) >= 11 is 0. The zero-order valence-corrected chi connectivity index (χ0v) is 16.6. The van der Waals surface area contributed by atoms with E-state index in [1.807, 2.05) is 11.0 Å². The van der Waals surface area contributed by atoms with Gasteiger partial charge >= 0.3 is 0 Å². The Morgan fingerprint density at radius 1 is 0.793 bits per heavy atom. The van der Waals surface area contributed by atoms with E-state index in [-0.39, 0.29) is 11.7 Å². The number of hydrogen-bond donors (Lipinski definition) is 0. The molecule has 1 heterocycles. The van der Waals surface area contributed by atoms with Crippen LogP contribution in [0.2, 0.25) is 0 Å². The van der Waals surface area contributed by atoms with E-state index >= 15 is 0 Å². The monoisotopic (exact) mass is 387 g/mol. The molecule has 1 amide bonds. The Balaban J connectivity index is 1.27. The summed E-state index contributed by atoms with van der Waals surface area (Å²) in [4.78, 5) is 14.5. The van der Waals surface area contributed by atoms with Crippen molar-refractivity contribution in [1.29, 1.82) is 0 Å². The SMILES string of the molecule is O=C(Cc1ccc(F)cc1)N1CCC(Cc2ccc(-c3ccccc3)cc2)CC1. The summed E-state index contributed by atoms with van der Waals surface area (Å²) in [5.74, 6) is 0.494. The molecule has 0 bridgehead atoms. The first-order chi connectivity index (χ1) is 14.2. The number of carbonyl (C=O) groups excluding carboxylic acids is 1. The predicted molar refractivity (Wildman–Crippen MR) is 115 cm³/mol. The third-order valence-corrected chi connectivity index (χ3v) is 5.82. The molecule has 3 aromatic carbocycles. The van der Waals surface area contributed by atoms with E-state index in [9.17, 15) is 9.18 Å². The average Bonchev–Trinajstić information content (AvgIpc) is 2.77. The summed E-state index contributed by atoms with van der Waals surface area (Å²) in [5, 5.41) is 0. The van der Waals surface area contributed by atoms with Crippen LogP contribution in [-0.4, -0.2) is 23.9 Å². The molecule has 148 valence electrons. The average molecular weight is 387 g/mol. The molecule has 0 spiro atoms. The van der Waals surface area contributed by atoms with Crippen molar-refractivity contribution in [2.45, 2.75) is 25.7 Å². The number of benzene rings is 3. The van der Waals surface area contributed by atoms with Gasteiger partial charge in [-0.1, -0.05) is 66.7 Å². The molecule has 3 aromatic rings. The molecule has 0 N–H and O–H groups in total. The van der Waals surface area contributed by atoms with E-state index in [0.29, 0.717) is 12.3 Å². The molecular weight excluding hydrogens is 361 g/mol. The number of nitrogens with zero attached hydrogens (tertiary/aromatic N) is 1. The highest BCUT2D eigenvalue weighted by atomic mass is 19.1. The van der Waals surface area contributed by atoms with Crippen LogP contribution < -0.4 is 0 Å². The molecule has 1 aliphatic heterocycles. The lowest BCUT2D eigenvalue weighted by molar-refractivity contribution is -0.131. The Labute approximate surface area is 172 Å². The Morgan fingerprint density at radius 3 is 2.03 bits per heavy atom. The van der Waals surface area contributed by atoms with E-state index < -0.39 is 0 Å². The second-order valence-corrected chi connectivity index (χ2v) is 7.89. The van der Waals surface area contributed by atoms with Crippen LogP contribution in [0.1, 0.15) is 24.0 Å². The second kappa shape index (κ2) is 9.04. The van der Waals surface area contributed by atoms with Gasteiger partial charge in [0.05, 0.1) is 6.42 Å². The third kappa shape index (κ3) is 5.11. The van der Waals surface area contributed by atoms with Crippen molar-refractivity contribution in [3.63, 3.8) is 0 Å². The lowest BCUT2D eigenvalue weighted by Crippen LogP contribution is -2.39. The number of hydrogen-bond acceptors (Lipinski definition) is 1. The normalized spacial score (nSPS) is 14.7. The molecule has 29 heavy (non-hydrogen) atoms. The highest BCUT2D eigenvalue weighted by molar-refractivity contribution is 5.78. The molecule has 3 heteroatoms. The maximum Gasteiger partial charge on any atom is 0.226 e. The number of rotatable bonds is 5. The largest absolute Gasteiger partial charge is 0.342 e. The summed E-state index contributed by atoms with van der Waals surface area (Å²) in [6.07, 6.45) is 3.49. The van der Waals surface area contributed by atoms with Crippen LogP contribution >= 0.6 is 0 Å². The lowest BCUT2D eigenvalue weighted by atomic mass is 9.89. The maximum atomic E-state index is 13.0. The van der Waals surface area contributed by atoms with E-state index in [4.69, 9.17) is 0 Å². The van der Waals surface area contributed by atoms with Crippen LogP contribution in [-0.2, 0) is 17.6 Å². The zero-order valence-electron chi connectivity index (χ0n) is 16.6. The molecule has 0 aromatic heterocycles. The zero-order chi connectivity index (χ0) is 20.1. The number of halogens is 1. The number of likely N-dealkylation sites (tertiary alicyclic amines) is 1. The van der Waals surface area contributed by atoms with Crippen molar-refractivity contribution in [3.8, 4) is 11.1 Å². The molecular formula is C26H26FNO. The smallest absolute Gasteiger partial charge is 0.226 e. The van der Waals surface area contributed by atoms with Gasteiger partial charge in [0.25, 0.3) is 0 Å². The van der Waals surface area contributed by atoms with Gasteiger partial charge in [-0.3, -0.25) is 4.79 Å². The molecule has 1 saturated heterocycles. The van der Waals surface area contributed by atoms with Crippen molar-refractivity contribution >= 4 is 5.91 Å². The van der Waals surface area contributed by atoms with Crippen molar-refractivity contribution in [3.05, 3.63) is 95.8 Å². The maximum absolute atomic E-state index is 13.0.